The zero-order chi connectivity index (χ0) is 14.5. The highest BCUT2D eigenvalue weighted by Crippen LogP contribution is 2.29. The fourth-order valence-corrected chi connectivity index (χ4v) is 2.07. The van der Waals surface area contributed by atoms with E-state index in [2.05, 4.69) is 50.4 Å². The Hall–Kier alpha value is -0.860. The molecule has 0 aliphatic rings. The number of rotatable bonds is 6. The van der Waals surface area contributed by atoms with Crippen LogP contribution in [0.5, 0.6) is 0 Å². The third-order valence-corrected chi connectivity index (χ3v) is 3.51. The molecule has 0 spiro atoms. The van der Waals surface area contributed by atoms with E-state index in [0.29, 0.717) is 12.6 Å². The number of aliphatic hydroxyl groups is 1. The van der Waals surface area contributed by atoms with Crippen LogP contribution in [0.25, 0.3) is 0 Å². The summed E-state index contributed by atoms with van der Waals surface area (Å²) in [6, 6.07) is 10.8. The van der Waals surface area contributed by atoms with Gasteiger partial charge in [0.15, 0.2) is 0 Å². The van der Waals surface area contributed by atoms with Crippen molar-refractivity contribution >= 4 is 0 Å². The van der Waals surface area contributed by atoms with Crippen molar-refractivity contribution in [2.24, 2.45) is 5.41 Å². The maximum absolute atomic E-state index is 10.2. The second-order valence-corrected chi connectivity index (χ2v) is 6.96. The molecule has 0 aliphatic carbocycles. The maximum atomic E-state index is 10.2. The molecule has 0 aliphatic heterocycles. The molecule has 0 fully saturated rings. The van der Waals surface area contributed by atoms with Gasteiger partial charge in [0.1, 0.15) is 0 Å². The van der Waals surface area contributed by atoms with Gasteiger partial charge in [0.05, 0.1) is 5.60 Å². The van der Waals surface area contributed by atoms with Crippen LogP contribution >= 0.6 is 0 Å². The van der Waals surface area contributed by atoms with Gasteiger partial charge < -0.3 is 10.4 Å². The molecule has 0 bridgehead atoms. The smallest absolute Gasteiger partial charge is 0.0741 e. The molecular formula is C17H29NO. The van der Waals surface area contributed by atoms with E-state index < -0.39 is 5.60 Å². The predicted molar refractivity (Wildman–Crippen MR) is 82.2 cm³/mol. The number of hydrogen-bond donors (Lipinski definition) is 2. The summed E-state index contributed by atoms with van der Waals surface area (Å²) < 4.78 is 0. The van der Waals surface area contributed by atoms with Crippen LogP contribution in [0.3, 0.4) is 0 Å². The quantitative estimate of drug-likeness (QED) is 0.815. The zero-order valence-corrected chi connectivity index (χ0v) is 13.0. The van der Waals surface area contributed by atoms with Crippen LogP contribution in [0.15, 0.2) is 30.3 Å². The molecule has 0 saturated heterocycles. The summed E-state index contributed by atoms with van der Waals surface area (Å²) in [5, 5.41) is 13.7. The fourth-order valence-electron chi connectivity index (χ4n) is 2.07. The number of benzene rings is 1. The van der Waals surface area contributed by atoms with E-state index in [0.717, 1.165) is 12.8 Å². The third kappa shape index (κ3) is 6.22. The van der Waals surface area contributed by atoms with E-state index in [9.17, 15) is 5.11 Å². The second-order valence-electron chi connectivity index (χ2n) is 6.96. The van der Waals surface area contributed by atoms with Crippen molar-refractivity contribution in [2.75, 3.05) is 6.54 Å². The molecule has 2 N–H and O–H groups in total. The molecule has 0 amide bonds. The van der Waals surface area contributed by atoms with Crippen LogP contribution in [0, 0.1) is 5.41 Å². The van der Waals surface area contributed by atoms with Crippen LogP contribution in [-0.4, -0.2) is 17.3 Å². The lowest BCUT2D eigenvalue weighted by Gasteiger charge is -2.30. The monoisotopic (exact) mass is 263 g/mol. The molecule has 108 valence electrons. The first-order chi connectivity index (χ1) is 8.73. The van der Waals surface area contributed by atoms with Crippen LogP contribution in [-0.2, 0) is 0 Å². The van der Waals surface area contributed by atoms with Gasteiger partial charge in [0.25, 0.3) is 0 Å². The average molecular weight is 263 g/mol. The molecule has 19 heavy (non-hydrogen) atoms. The van der Waals surface area contributed by atoms with Gasteiger partial charge in [0.2, 0.25) is 0 Å². The molecule has 0 aromatic heterocycles. The number of nitrogens with one attached hydrogen (secondary N) is 1. The van der Waals surface area contributed by atoms with Crippen LogP contribution < -0.4 is 5.32 Å². The minimum absolute atomic E-state index is 0.256. The molecule has 0 saturated carbocycles. The molecule has 2 heteroatoms. The first-order valence-corrected chi connectivity index (χ1v) is 7.24. The summed E-state index contributed by atoms with van der Waals surface area (Å²) in [6.07, 6.45) is 1.81. The van der Waals surface area contributed by atoms with Gasteiger partial charge in [-0.1, -0.05) is 58.0 Å². The highest BCUT2D eigenvalue weighted by atomic mass is 16.3. The van der Waals surface area contributed by atoms with Crippen molar-refractivity contribution in [1.82, 2.24) is 5.32 Å². The molecule has 0 radical (unpaired) electrons. The molecule has 1 rings (SSSR count). The third-order valence-electron chi connectivity index (χ3n) is 3.51. The van der Waals surface area contributed by atoms with Gasteiger partial charge in [-0.25, -0.2) is 0 Å². The number of hydrogen-bond acceptors (Lipinski definition) is 2. The summed E-state index contributed by atoms with van der Waals surface area (Å²) in [4.78, 5) is 0. The normalized spacial score (nSPS) is 16.9. The molecular weight excluding hydrogens is 234 g/mol. The van der Waals surface area contributed by atoms with Gasteiger partial charge in [0, 0.05) is 12.6 Å². The molecule has 1 aromatic carbocycles. The Morgan fingerprint density at radius 2 is 1.68 bits per heavy atom. The van der Waals surface area contributed by atoms with Gasteiger partial charge in [-0.05, 0) is 30.7 Å². The molecule has 2 unspecified atom stereocenters. The Balaban J connectivity index is 2.77. The van der Waals surface area contributed by atoms with Gasteiger partial charge in [-0.3, -0.25) is 0 Å². The highest BCUT2D eigenvalue weighted by molar-refractivity contribution is 5.19. The van der Waals surface area contributed by atoms with Crippen LogP contribution in [0.4, 0.5) is 0 Å². The maximum Gasteiger partial charge on any atom is 0.0741 e. The highest BCUT2D eigenvalue weighted by Gasteiger charge is 2.23. The molecule has 1 aromatic rings. The van der Waals surface area contributed by atoms with E-state index in [1.165, 1.54) is 5.56 Å². The van der Waals surface area contributed by atoms with E-state index >= 15 is 0 Å². The largest absolute Gasteiger partial charge is 0.389 e. The van der Waals surface area contributed by atoms with E-state index in [-0.39, 0.29) is 5.41 Å². The minimum atomic E-state index is -0.634. The van der Waals surface area contributed by atoms with Crippen molar-refractivity contribution in [3.05, 3.63) is 35.9 Å². The first kappa shape index (κ1) is 16.2. The Morgan fingerprint density at radius 1 is 1.11 bits per heavy atom. The summed E-state index contributed by atoms with van der Waals surface area (Å²) in [5.41, 5.74) is 0.917. The molecule has 2 nitrogen and oxygen atoms in total. The Labute approximate surface area is 118 Å². The van der Waals surface area contributed by atoms with Gasteiger partial charge in [-0.2, -0.15) is 0 Å². The fraction of sp³-hybridized carbons (Fsp3) is 0.647. The average Bonchev–Trinajstić information content (AvgIpc) is 2.34. The standard InChI is InChI=1S/C17H29NO/c1-6-17(5,19)13-18-15(12-16(2,3)4)14-10-8-7-9-11-14/h7-11,15,18-19H,6,12-13H2,1-5H3. The first-order valence-electron chi connectivity index (χ1n) is 7.24. The summed E-state index contributed by atoms with van der Waals surface area (Å²) in [5.74, 6) is 0. The van der Waals surface area contributed by atoms with Crippen molar-refractivity contribution in [3.63, 3.8) is 0 Å². The topological polar surface area (TPSA) is 32.3 Å². The van der Waals surface area contributed by atoms with Crippen LogP contribution in [0.2, 0.25) is 0 Å². The van der Waals surface area contributed by atoms with Crippen molar-refractivity contribution in [2.45, 2.75) is 59.1 Å². The lowest BCUT2D eigenvalue weighted by atomic mass is 9.85. The van der Waals surface area contributed by atoms with Gasteiger partial charge >= 0.3 is 0 Å². The van der Waals surface area contributed by atoms with Crippen LogP contribution in [0.1, 0.15) is 59.1 Å². The molecule has 2 atom stereocenters. The SMILES string of the molecule is CCC(C)(O)CNC(CC(C)(C)C)c1ccccc1. The minimum Gasteiger partial charge on any atom is -0.389 e. The Morgan fingerprint density at radius 3 is 2.16 bits per heavy atom. The van der Waals surface area contributed by atoms with Crippen molar-refractivity contribution in [1.29, 1.82) is 0 Å². The van der Waals surface area contributed by atoms with Gasteiger partial charge in [-0.15, -0.1) is 0 Å². The van der Waals surface area contributed by atoms with E-state index in [1.807, 2.05) is 19.9 Å². The lowest BCUT2D eigenvalue weighted by Crippen LogP contribution is -2.39. The second kappa shape index (κ2) is 6.53. The molecule has 0 heterocycles. The predicted octanol–water partition coefficient (Wildman–Crippen LogP) is 3.91. The summed E-state index contributed by atoms with van der Waals surface area (Å²) in [6.45, 7) is 11.3. The Kier molecular flexibility index (Phi) is 5.57. The van der Waals surface area contributed by atoms with E-state index in [1.54, 1.807) is 0 Å². The lowest BCUT2D eigenvalue weighted by molar-refractivity contribution is 0.0510. The zero-order valence-electron chi connectivity index (χ0n) is 13.0. The van der Waals surface area contributed by atoms with E-state index in [4.69, 9.17) is 0 Å². The summed E-state index contributed by atoms with van der Waals surface area (Å²) >= 11 is 0. The van der Waals surface area contributed by atoms with Crippen molar-refractivity contribution in [3.8, 4) is 0 Å². The Bertz CT molecular complexity index is 365. The van der Waals surface area contributed by atoms with Crippen molar-refractivity contribution < 1.29 is 5.11 Å². The summed E-state index contributed by atoms with van der Waals surface area (Å²) in [7, 11) is 0.